The molecule has 8 heteroatoms. The average Bonchev–Trinajstić information content (AvgIpc) is 2.82. The van der Waals surface area contributed by atoms with Gasteiger partial charge in [-0.3, -0.25) is 9.69 Å². The maximum atomic E-state index is 11.4. The fraction of sp³-hybridized carbons (Fsp3) is 0.545. The molecule has 0 aromatic carbocycles. The Morgan fingerprint density at radius 1 is 1.37 bits per heavy atom. The van der Waals surface area contributed by atoms with E-state index in [4.69, 9.17) is 0 Å². The van der Waals surface area contributed by atoms with Gasteiger partial charge in [-0.05, 0) is 22.4 Å². The first-order chi connectivity index (χ1) is 8.89. The van der Waals surface area contributed by atoms with E-state index in [2.05, 4.69) is 0 Å². The predicted molar refractivity (Wildman–Crippen MR) is 72.7 cm³/mol. The summed E-state index contributed by atoms with van der Waals surface area (Å²) in [7, 11) is -3.19. The van der Waals surface area contributed by atoms with Crippen LogP contribution in [0.5, 0.6) is 0 Å². The number of carbonyl (C=O) groups is 1. The van der Waals surface area contributed by atoms with Crippen molar-refractivity contribution >= 4 is 27.3 Å². The quantitative estimate of drug-likeness (QED) is 0.874. The molecule has 0 bridgehead atoms. The lowest BCUT2D eigenvalue weighted by molar-refractivity contribution is -0.144. The predicted octanol–water partition coefficient (Wildman–Crippen LogP) is 0.451. The first kappa shape index (κ1) is 14.4. The number of hydrogen-bond donors (Lipinski definition) is 1. The third kappa shape index (κ3) is 3.33. The highest BCUT2D eigenvalue weighted by atomic mass is 32.2. The highest BCUT2D eigenvalue weighted by Crippen LogP contribution is 2.24. The van der Waals surface area contributed by atoms with Gasteiger partial charge in [0.15, 0.2) is 0 Å². The van der Waals surface area contributed by atoms with Crippen molar-refractivity contribution in [2.45, 2.75) is 6.04 Å². The van der Waals surface area contributed by atoms with Gasteiger partial charge in [0, 0.05) is 26.2 Å². The molecule has 1 aliphatic heterocycles. The molecule has 0 aliphatic carbocycles. The summed E-state index contributed by atoms with van der Waals surface area (Å²) >= 11 is 1.46. The summed E-state index contributed by atoms with van der Waals surface area (Å²) in [4.78, 5) is 13.2. The molecule has 106 valence electrons. The number of carboxylic acids is 1. The first-order valence-corrected chi connectivity index (χ1v) is 8.63. The molecule has 1 aromatic rings. The van der Waals surface area contributed by atoms with Crippen molar-refractivity contribution in [3.63, 3.8) is 0 Å². The summed E-state index contributed by atoms with van der Waals surface area (Å²) in [6.07, 6.45) is 1.18. The Labute approximate surface area is 116 Å². The molecule has 0 amide bonds. The second-order valence-corrected chi connectivity index (χ2v) is 7.26. The van der Waals surface area contributed by atoms with E-state index in [1.165, 1.54) is 21.9 Å². The van der Waals surface area contributed by atoms with Crippen molar-refractivity contribution in [2.24, 2.45) is 0 Å². The van der Waals surface area contributed by atoms with E-state index in [1.54, 1.807) is 6.07 Å². The van der Waals surface area contributed by atoms with Gasteiger partial charge in [0.25, 0.3) is 0 Å². The molecule has 1 N–H and O–H groups in total. The summed E-state index contributed by atoms with van der Waals surface area (Å²) in [6, 6.07) is 1.11. The minimum atomic E-state index is -3.19. The Kier molecular flexibility index (Phi) is 4.24. The SMILES string of the molecule is CS(=O)(=O)N1CCN(C(C(=O)O)c2ccsc2)CC1. The number of sulfonamides is 1. The minimum absolute atomic E-state index is 0.340. The van der Waals surface area contributed by atoms with E-state index < -0.39 is 22.0 Å². The van der Waals surface area contributed by atoms with Gasteiger partial charge in [0.2, 0.25) is 10.0 Å². The fourth-order valence-corrected chi connectivity index (χ4v) is 3.74. The third-order valence-electron chi connectivity index (χ3n) is 3.20. The molecule has 2 rings (SSSR count). The largest absolute Gasteiger partial charge is 0.480 e. The van der Waals surface area contributed by atoms with Crippen LogP contribution in [0.2, 0.25) is 0 Å². The molecule has 1 fully saturated rings. The van der Waals surface area contributed by atoms with Crippen LogP contribution in [0, 0.1) is 0 Å². The van der Waals surface area contributed by atoms with Crippen molar-refractivity contribution in [1.82, 2.24) is 9.21 Å². The molecule has 1 atom stereocenters. The van der Waals surface area contributed by atoms with Crippen LogP contribution in [0.15, 0.2) is 16.8 Å². The van der Waals surface area contributed by atoms with Crippen LogP contribution in [-0.2, 0) is 14.8 Å². The molecular weight excluding hydrogens is 288 g/mol. The molecule has 0 radical (unpaired) electrons. The van der Waals surface area contributed by atoms with Crippen LogP contribution < -0.4 is 0 Å². The van der Waals surface area contributed by atoms with Gasteiger partial charge in [0.05, 0.1) is 6.26 Å². The smallest absolute Gasteiger partial charge is 0.325 e. The lowest BCUT2D eigenvalue weighted by Crippen LogP contribution is -2.50. The average molecular weight is 304 g/mol. The second kappa shape index (κ2) is 5.58. The maximum Gasteiger partial charge on any atom is 0.325 e. The Hall–Kier alpha value is -0.960. The molecule has 2 heterocycles. The van der Waals surface area contributed by atoms with Crippen LogP contribution in [-0.4, -0.2) is 61.1 Å². The number of thiophene rings is 1. The van der Waals surface area contributed by atoms with Crippen LogP contribution in [0.25, 0.3) is 0 Å². The lowest BCUT2D eigenvalue weighted by atomic mass is 10.1. The van der Waals surface area contributed by atoms with E-state index in [0.717, 1.165) is 5.56 Å². The van der Waals surface area contributed by atoms with Crippen molar-refractivity contribution in [3.05, 3.63) is 22.4 Å². The molecule has 1 aliphatic rings. The van der Waals surface area contributed by atoms with Gasteiger partial charge in [-0.25, -0.2) is 8.42 Å². The number of carboxylic acid groups (broad SMARTS) is 1. The molecular formula is C11H16N2O4S2. The Bertz CT molecular complexity index is 533. The zero-order valence-corrected chi connectivity index (χ0v) is 12.2. The van der Waals surface area contributed by atoms with Gasteiger partial charge in [0.1, 0.15) is 6.04 Å². The first-order valence-electron chi connectivity index (χ1n) is 5.83. The summed E-state index contributed by atoms with van der Waals surface area (Å²) < 4.78 is 24.2. The third-order valence-corrected chi connectivity index (χ3v) is 5.20. The van der Waals surface area contributed by atoms with Gasteiger partial charge >= 0.3 is 5.97 Å². The zero-order valence-electron chi connectivity index (χ0n) is 10.5. The minimum Gasteiger partial charge on any atom is -0.480 e. The number of piperazine rings is 1. The lowest BCUT2D eigenvalue weighted by Gasteiger charge is -2.36. The Balaban J connectivity index is 2.09. The van der Waals surface area contributed by atoms with E-state index >= 15 is 0 Å². The van der Waals surface area contributed by atoms with E-state index in [9.17, 15) is 18.3 Å². The highest BCUT2D eigenvalue weighted by molar-refractivity contribution is 7.88. The standard InChI is InChI=1S/C11H16N2O4S2/c1-19(16,17)13-5-3-12(4-6-13)10(11(14)15)9-2-7-18-8-9/h2,7-8,10H,3-6H2,1H3,(H,14,15). The Morgan fingerprint density at radius 3 is 2.42 bits per heavy atom. The summed E-state index contributed by atoms with van der Waals surface area (Å²) in [6.45, 7) is 1.54. The molecule has 0 spiro atoms. The molecule has 0 saturated carbocycles. The zero-order chi connectivity index (χ0) is 14.0. The monoisotopic (exact) mass is 304 g/mol. The highest BCUT2D eigenvalue weighted by Gasteiger charge is 2.32. The number of nitrogens with zero attached hydrogens (tertiary/aromatic N) is 2. The van der Waals surface area contributed by atoms with Crippen LogP contribution in [0.3, 0.4) is 0 Å². The van der Waals surface area contributed by atoms with E-state index in [-0.39, 0.29) is 0 Å². The Morgan fingerprint density at radius 2 is 2.00 bits per heavy atom. The summed E-state index contributed by atoms with van der Waals surface area (Å²) in [5, 5.41) is 13.0. The van der Waals surface area contributed by atoms with Crippen molar-refractivity contribution in [1.29, 1.82) is 0 Å². The van der Waals surface area contributed by atoms with Crippen LogP contribution in [0.4, 0.5) is 0 Å². The fourth-order valence-electron chi connectivity index (χ4n) is 2.23. The number of rotatable bonds is 4. The molecule has 1 aromatic heterocycles. The van der Waals surface area contributed by atoms with Gasteiger partial charge in [-0.1, -0.05) is 0 Å². The van der Waals surface area contributed by atoms with E-state index in [0.29, 0.717) is 26.2 Å². The topological polar surface area (TPSA) is 77.9 Å². The van der Waals surface area contributed by atoms with Gasteiger partial charge in [-0.2, -0.15) is 15.6 Å². The summed E-state index contributed by atoms with van der Waals surface area (Å²) in [5.74, 6) is -0.897. The molecule has 1 unspecified atom stereocenters. The van der Waals surface area contributed by atoms with Crippen molar-refractivity contribution < 1.29 is 18.3 Å². The van der Waals surface area contributed by atoms with Crippen molar-refractivity contribution in [3.8, 4) is 0 Å². The maximum absolute atomic E-state index is 11.4. The van der Waals surface area contributed by atoms with Gasteiger partial charge in [-0.15, -0.1) is 0 Å². The molecule has 19 heavy (non-hydrogen) atoms. The van der Waals surface area contributed by atoms with E-state index in [1.807, 2.05) is 15.7 Å². The van der Waals surface area contributed by atoms with Crippen LogP contribution >= 0.6 is 11.3 Å². The van der Waals surface area contributed by atoms with Gasteiger partial charge < -0.3 is 5.11 Å². The number of hydrogen-bond acceptors (Lipinski definition) is 5. The summed E-state index contributed by atoms with van der Waals surface area (Å²) in [5.41, 5.74) is 0.755. The normalized spacial score (nSPS) is 20.3. The second-order valence-electron chi connectivity index (χ2n) is 4.50. The molecule has 6 nitrogen and oxygen atoms in total. The van der Waals surface area contributed by atoms with Crippen LogP contribution in [0.1, 0.15) is 11.6 Å². The van der Waals surface area contributed by atoms with Crippen molar-refractivity contribution in [2.75, 3.05) is 32.4 Å². The number of aliphatic carboxylic acids is 1. The molecule has 1 saturated heterocycles.